The zero-order chi connectivity index (χ0) is 23.4. The van der Waals surface area contributed by atoms with E-state index in [1.54, 1.807) is 6.07 Å². The van der Waals surface area contributed by atoms with Crippen molar-refractivity contribution in [1.29, 1.82) is 0 Å². The van der Waals surface area contributed by atoms with E-state index in [1.165, 1.54) is 6.07 Å². The Balaban J connectivity index is 2.15. The van der Waals surface area contributed by atoms with Gasteiger partial charge in [-0.05, 0) is 47.0 Å². The number of hydrogen-bond donors (Lipinski definition) is 1. The second kappa shape index (κ2) is 10.3. The maximum Gasteiger partial charge on any atom is 0.306 e. The van der Waals surface area contributed by atoms with E-state index in [-0.39, 0.29) is 29.1 Å². The summed E-state index contributed by atoms with van der Waals surface area (Å²) >= 11 is 3.50. The Bertz CT molecular complexity index is 1060. The van der Waals surface area contributed by atoms with Gasteiger partial charge < -0.3 is 14.7 Å². The molecule has 174 valence electrons. The van der Waals surface area contributed by atoms with E-state index in [0.29, 0.717) is 22.5 Å². The highest BCUT2D eigenvalue weighted by molar-refractivity contribution is 9.10. The highest BCUT2D eigenvalue weighted by atomic mass is 79.9. The molecule has 2 aromatic rings. The third-order valence-corrected chi connectivity index (χ3v) is 8.69. The molecule has 3 rings (SSSR count). The van der Waals surface area contributed by atoms with Crippen molar-refractivity contribution in [2.75, 3.05) is 23.8 Å². The van der Waals surface area contributed by atoms with Crippen molar-refractivity contribution in [3.63, 3.8) is 0 Å². The fourth-order valence-corrected chi connectivity index (χ4v) is 6.84. The second-order valence-electron chi connectivity index (χ2n) is 8.38. The lowest BCUT2D eigenvalue weighted by Crippen LogP contribution is -2.37. The number of aliphatic carboxylic acids is 1. The Kier molecular flexibility index (Phi) is 7.88. The molecule has 0 amide bonds. The van der Waals surface area contributed by atoms with E-state index in [0.717, 1.165) is 31.4 Å². The summed E-state index contributed by atoms with van der Waals surface area (Å²) in [5.74, 6) is -0.565. The van der Waals surface area contributed by atoms with Crippen molar-refractivity contribution in [2.24, 2.45) is 5.41 Å². The van der Waals surface area contributed by atoms with Gasteiger partial charge in [0.25, 0.3) is 0 Å². The Labute approximate surface area is 198 Å². The Hall–Kier alpha value is -2.06. The molecular weight excluding hydrogens is 494 g/mol. The highest BCUT2D eigenvalue weighted by Gasteiger charge is 2.41. The number of carbonyl (C=O) groups is 1. The lowest BCUT2D eigenvalue weighted by Gasteiger charge is -2.36. The minimum absolute atomic E-state index is 0.0371. The topological polar surface area (TPSA) is 83.9 Å². The number of carboxylic acid groups (broad SMARTS) is 1. The molecule has 1 unspecified atom stereocenters. The normalized spacial score (nSPS) is 19.8. The second-order valence-corrected chi connectivity index (χ2v) is 11.2. The summed E-state index contributed by atoms with van der Waals surface area (Å²) in [6.45, 7) is 4.76. The molecule has 1 atom stereocenters. The summed E-state index contributed by atoms with van der Waals surface area (Å²) in [6, 6.07) is 13.2. The number of benzene rings is 2. The fourth-order valence-electron chi connectivity index (χ4n) is 4.22. The van der Waals surface area contributed by atoms with Gasteiger partial charge >= 0.3 is 5.97 Å². The van der Waals surface area contributed by atoms with Crippen molar-refractivity contribution in [3.8, 4) is 5.75 Å². The van der Waals surface area contributed by atoms with Gasteiger partial charge in [-0.1, -0.05) is 44.9 Å². The molecule has 0 aromatic heterocycles. The van der Waals surface area contributed by atoms with Crippen LogP contribution in [0.15, 0.2) is 51.8 Å². The molecular formula is C24H30BrNO5S. The first-order valence-electron chi connectivity index (χ1n) is 10.9. The van der Waals surface area contributed by atoms with Crippen LogP contribution in [0.1, 0.15) is 46.0 Å². The molecule has 1 heterocycles. The zero-order valence-corrected chi connectivity index (χ0v) is 20.9. The molecule has 1 N–H and O–H groups in total. The molecule has 1 aliphatic heterocycles. The number of fused-ring (bicyclic) bond motifs is 1. The number of hydrogen-bond acceptors (Lipinski definition) is 5. The van der Waals surface area contributed by atoms with Crippen LogP contribution in [-0.2, 0) is 14.6 Å². The summed E-state index contributed by atoms with van der Waals surface area (Å²) < 4.78 is 33.5. The van der Waals surface area contributed by atoms with Gasteiger partial charge in [0.2, 0.25) is 0 Å². The standard InChI is InChI=1S/C24H30BrNO5S/c1-3-5-12-24(4-2)16-26(18-9-7-6-8-10-18)20-14-19(25)21(31-13-11-23(27)28)15-22(20)32(29,30)17-24/h6-10,14-15H,3-5,11-13,16-17H2,1-2H3,(H,27,28). The zero-order valence-electron chi connectivity index (χ0n) is 18.5. The van der Waals surface area contributed by atoms with Crippen molar-refractivity contribution in [2.45, 2.75) is 50.8 Å². The lowest BCUT2D eigenvalue weighted by molar-refractivity contribution is -0.137. The molecule has 8 heteroatoms. The van der Waals surface area contributed by atoms with E-state index in [2.05, 4.69) is 34.7 Å². The van der Waals surface area contributed by atoms with Gasteiger partial charge in [-0.25, -0.2) is 8.42 Å². The fraction of sp³-hybridized carbons (Fsp3) is 0.458. The number of para-hydroxylation sites is 1. The number of unbranched alkanes of at least 4 members (excludes halogenated alkanes) is 1. The van der Waals surface area contributed by atoms with Crippen molar-refractivity contribution in [1.82, 2.24) is 0 Å². The predicted octanol–water partition coefficient (Wildman–Crippen LogP) is 5.81. The summed E-state index contributed by atoms with van der Waals surface area (Å²) in [5, 5.41) is 8.90. The Morgan fingerprint density at radius 3 is 2.56 bits per heavy atom. The number of sulfone groups is 1. The summed E-state index contributed by atoms with van der Waals surface area (Å²) in [6.07, 6.45) is 3.40. The van der Waals surface area contributed by atoms with Gasteiger partial charge in [-0.2, -0.15) is 0 Å². The van der Waals surface area contributed by atoms with Gasteiger partial charge in [-0.15, -0.1) is 0 Å². The molecule has 0 fully saturated rings. The minimum atomic E-state index is -3.61. The summed E-state index contributed by atoms with van der Waals surface area (Å²) in [5.41, 5.74) is 1.17. The first kappa shape index (κ1) is 24.6. The minimum Gasteiger partial charge on any atom is -0.492 e. The average molecular weight is 524 g/mol. The van der Waals surface area contributed by atoms with Crippen LogP contribution in [0, 0.1) is 5.41 Å². The number of anilines is 2. The van der Waals surface area contributed by atoms with Crippen LogP contribution in [0.4, 0.5) is 11.4 Å². The molecule has 1 aliphatic rings. The van der Waals surface area contributed by atoms with Crippen molar-refractivity contribution < 1.29 is 23.1 Å². The van der Waals surface area contributed by atoms with Crippen LogP contribution in [0.25, 0.3) is 0 Å². The largest absolute Gasteiger partial charge is 0.492 e. The number of ether oxygens (including phenoxy) is 1. The van der Waals surface area contributed by atoms with E-state index < -0.39 is 15.8 Å². The van der Waals surface area contributed by atoms with Crippen LogP contribution in [0.2, 0.25) is 0 Å². The number of halogens is 1. The van der Waals surface area contributed by atoms with Crippen LogP contribution < -0.4 is 9.64 Å². The molecule has 0 aliphatic carbocycles. The summed E-state index contributed by atoms with van der Waals surface area (Å²) in [7, 11) is -3.61. The SMILES string of the molecule is CCCCC1(CC)CN(c2ccccc2)c2cc(Br)c(OCCC(=O)O)cc2S(=O)(=O)C1. The number of carboxylic acids is 1. The Morgan fingerprint density at radius 2 is 1.94 bits per heavy atom. The molecule has 2 aromatic carbocycles. The first-order chi connectivity index (χ1) is 15.2. The van der Waals surface area contributed by atoms with E-state index in [4.69, 9.17) is 9.84 Å². The third-order valence-electron chi connectivity index (χ3n) is 6.08. The van der Waals surface area contributed by atoms with Gasteiger partial charge in [0.15, 0.2) is 9.84 Å². The maximum absolute atomic E-state index is 13.7. The molecule has 0 bridgehead atoms. The Morgan fingerprint density at radius 1 is 1.22 bits per heavy atom. The highest BCUT2D eigenvalue weighted by Crippen LogP contribution is 2.46. The van der Waals surface area contributed by atoms with Crippen molar-refractivity contribution >= 4 is 43.1 Å². The molecule has 6 nitrogen and oxygen atoms in total. The molecule has 32 heavy (non-hydrogen) atoms. The average Bonchev–Trinajstić information content (AvgIpc) is 2.85. The third kappa shape index (κ3) is 5.46. The molecule has 0 saturated heterocycles. The van der Waals surface area contributed by atoms with Gasteiger partial charge in [-0.3, -0.25) is 4.79 Å². The van der Waals surface area contributed by atoms with Crippen LogP contribution in [0.3, 0.4) is 0 Å². The number of nitrogens with zero attached hydrogens (tertiary/aromatic N) is 1. The van der Waals surface area contributed by atoms with Gasteiger partial charge in [0.05, 0.1) is 33.8 Å². The molecule has 0 spiro atoms. The van der Waals surface area contributed by atoms with E-state index >= 15 is 0 Å². The molecule has 0 saturated carbocycles. The quantitative estimate of drug-likeness (QED) is 0.446. The van der Waals surface area contributed by atoms with Crippen molar-refractivity contribution in [3.05, 3.63) is 46.9 Å². The summed E-state index contributed by atoms with van der Waals surface area (Å²) in [4.78, 5) is 13.2. The monoisotopic (exact) mass is 523 g/mol. The first-order valence-corrected chi connectivity index (χ1v) is 13.4. The number of rotatable bonds is 9. The maximum atomic E-state index is 13.7. The van der Waals surface area contributed by atoms with E-state index in [1.807, 2.05) is 30.3 Å². The smallest absolute Gasteiger partial charge is 0.306 e. The van der Waals surface area contributed by atoms with Crippen LogP contribution in [-0.4, -0.2) is 38.4 Å². The van der Waals surface area contributed by atoms with Crippen LogP contribution in [0.5, 0.6) is 5.75 Å². The lowest BCUT2D eigenvalue weighted by atomic mass is 9.81. The predicted molar refractivity (Wildman–Crippen MR) is 130 cm³/mol. The molecule has 0 radical (unpaired) electrons. The van der Waals surface area contributed by atoms with E-state index in [9.17, 15) is 13.2 Å². The van der Waals surface area contributed by atoms with Gasteiger partial charge in [0, 0.05) is 23.7 Å². The van der Waals surface area contributed by atoms with Crippen LogP contribution >= 0.6 is 15.9 Å². The van der Waals surface area contributed by atoms with Gasteiger partial charge in [0.1, 0.15) is 5.75 Å².